The first-order valence-corrected chi connectivity index (χ1v) is 14.6. The van der Waals surface area contributed by atoms with Gasteiger partial charge >= 0.3 is 0 Å². The Morgan fingerprint density at radius 3 is 1.34 bits per heavy atom. The number of hydrogen-bond donors (Lipinski definition) is 0. The third-order valence-corrected chi connectivity index (χ3v) is 12.3. The van der Waals surface area contributed by atoms with Crippen LogP contribution in [-0.2, 0) is 0 Å². The maximum Gasteiger partial charge on any atom is -0.00969 e. The van der Waals surface area contributed by atoms with Crippen LogP contribution in [0.4, 0.5) is 0 Å². The molecule has 1 fully saturated rings. The molecule has 0 amide bonds. The highest BCUT2D eigenvalue weighted by molar-refractivity contribution is 7.74. The molecule has 2 atom stereocenters. The van der Waals surface area contributed by atoms with Crippen molar-refractivity contribution in [3.05, 3.63) is 121 Å². The molecule has 0 bridgehead atoms. The fourth-order valence-electron chi connectivity index (χ4n) is 5.09. The van der Waals surface area contributed by atoms with Gasteiger partial charge in [-0.25, -0.2) is 0 Å². The first kappa shape index (κ1) is 21.6. The average Bonchev–Trinajstić information content (AvgIpc) is 3.33. The molecule has 32 heavy (non-hydrogen) atoms. The van der Waals surface area contributed by atoms with Gasteiger partial charge in [0.15, 0.2) is 0 Å². The molecular weight excluding hydrogens is 422 g/mol. The largest absolute Gasteiger partial charge is 0.0622 e. The van der Waals surface area contributed by atoms with E-state index in [1.54, 1.807) is 0 Å². The van der Waals surface area contributed by atoms with Gasteiger partial charge < -0.3 is 0 Å². The average molecular weight is 453 g/mol. The highest BCUT2D eigenvalue weighted by Gasteiger charge is 2.36. The Labute approximate surface area is 195 Å². The van der Waals surface area contributed by atoms with Crippen LogP contribution in [0.3, 0.4) is 0 Å². The van der Waals surface area contributed by atoms with Crippen LogP contribution in [-0.4, -0.2) is 11.8 Å². The topological polar surface area (TPSA) is 0 Å². The molecule has 4 aromatic carbocycles. The predicted octanol–water partition coefficient (Wildman–Crippen LogP) is 6.42. The zero-order chi connectivity index (χ0) is 21.6. The van der Waals surface area contributed by atoms with Crippen molar-refractivity contribution in [3.63, 3.8) is 0 Å². The lowest BCUT2D eigenvalue weighted by atomic mass is 10.1. The molecule has 0 spiro atoms. The summed E-state index contributed by atoms with van der Waals surface area (Å²) >= 11 is 0. The van der Waals surface area contributed by atoms with Crippen molar-refractivity contribution < 1.29 is 0 Å². The second-order valence-corrected chi connectivity index (χ2v) is 13.3. The molecule has 0 heterocycles. The van der Waals surface area contributed by atoms with Gasteiger partial charge in [-0.05, 0) is 67.6 Å². The zero-order valence-corrected chi connectivity index (χ0v) is 20.2. The van der Waals surface area contributed by atoms with Crippen LogP contribution in [0, 0.1) is 5.92 Å². The van der Waals surface area contributed by atoms with Crippen LogP contribution in [0.25, 0.3) is 0 Å². The van der Waals surface area contributed by atoms with Gasteiger partial charge in [0.05, 0.1) is 0 Å². The Kier molecular flexibility index (Phi) is 7.13. The standard InChI is InChI=1S/C30H30P2/c1-5-15-26(16-6-1)31(27-17-7-2-8-18-27)24-25-14-13-23-30(25)32(28-19-9-3-10-20-28)29-21-11-4-12-22-29/h1-12,15-22,25,30H,13-14,23-24H2/t25-,30-/m1/s1. The second-order valence-electron chi connectivity index (χ2n) is 8.58. The van der Waals surface area contributed by atoms with Crippen LogP contribution in [0.5, 0.6) is 0 Å². The molecule has 0 unspecified atom stereocenters. The summed E-state index contributed by atoms with van der Waals surface area (Å²) in [4.78, 5) is 0. The van der Waals surface area contributed by atoms with Crippen molar-refractivity contribution in [2.75, 3.05) is 6.16 Å². The SMILES string of the molecule is c1ccc(P(C[C@H]2CCC[C@H]2P(c2ccccc2)c2ccccc2)c2ccccc2)cc1. The first-order chi connectivity index (χ1) is 15.9. The maximum atomic E-state index is 2.37. The minimum Gasteiger partial charge on any atom is -0.0622 e. The predicted molar refractivity (Wildman–Crippen MR) is 144 cm³/mol. The normalized spacial score (nSPS) is 18.3. The van der Waals surface area contributed by atoms with E-state index in [9.17, 15) is 0 Å². The van der Waals surface area contributed by atoms with Gasteiger partial charge in [-0.1, -0.05) is 128 Å². The molecule has 1 aliphatic rings. The van der Waals surface area contributed by atoms with E-state index in [-0.39, 0.29) is 15.8 Å². The summed E-state index contributed by atoms with van der Waals surface area (Å²) in [5, 5.41) is 6.11. The zero-order valence-electron chi connectivity index (χ0n) is 18.4. The van der Waals surface area contributed by atoms with Crippen molar-refractivity contribution in [2.24, 2.45) is 5.92 Å². The quantitative estimate of drug-likeness (QED) is 0.284. The van der Waals surface area contributed by atoms with Crippen LogP contribution in [0.1, 0.15) is 19.3 Å². The van der Waals surface area contributed by atoms with E-state index in [0.29, 0.717) is 0 Å². The summed E-state index contributed by atoms with van der Waals surface area (Å²) in [5.74, 6) is 0.771. The number of benzene rings is 4. The Balaban J connectivity index is 1.49. The number of hydrogen-bond acceptors (Lipinski definition) is 0. The van der Waals surface area contributed by atoms with E-state index in [2.05, 4.69) is 121 Å². The van der Waals surface area contributed by atoms with Gasteiger partial charge in [0.25, 0.3) is 0 Å². The molecule has 1 saturated carbocycles. The fourth-order valence-corrected chi connectivity index (χ4v) is 11.1. The fraction of sp³-hybridized carbons (Fsp3) is 0.200. The van der Waals surface area contributed by atoms with Crippen molar-refractivity contribution in [2.45, 2.75) is 24.9 Å². The molecule has 4 aromatic rings. The molecule has 2 heteroatoms. The molecule has 160 valence electrons. The molecule has 0 aromatic heterocycles. The maximum absolute atomic E-state index is 2.37. The molecule has 0 N–H and O–H groups in total. The van der Waals surface area contributed by atoms with Gasteiger partial charge in [-0.2, -0.15) is 0 Å². The summed E-state index contributed by atoms with van der Waals surface area (Å²) in [7, 11) is -0.690. The molecule has 5 rings (SSSR count). The van der Waals surface area contributed by atoms with Gasteiger partial charge in [0.2, 0.25) is 0 Å². The summed E-state index contributed by atoms with van der Waals surface area (Å²) in [5.41, 5.74) is 0.757. The Morgan fingerprint density at radius 1 is 0.500 bits per heavy atom. The molecule has 0 aliphatic heterocycles. The smallest absolute Gasteiger partial charge is 0.00969 e. The minimum atomic E-state index is -0.349. The van der Waals surface area contributed by atoms with E-state index >= 15 is 0 Å². The molecule has 1 aliphatic carbocycles. The third-order valence-electron chi connectivity index (χ3n) is 6.57. The van der Waals surface area contributed by atoms with Crippen molar-refractivity contribution in [3.8, 4) is 0 Å². The van der Waals surface area contributed by atoms with Gasteiger partial charge in [-0.3, -0.25) is 0 Å². The van der Waals surface area contributed by atoms with Crippen LogP contribution in [0.15, 0.2) is 121 Å². The summed E-state index contributed by atoms with van der Waals surface area (Å²) in [6, 6.07) is 45.2. The highest BCUT2D eigenvalue weighted by atomic mass is 31.1. The Bertz CT molecular complexity index is 1000. The van der Waals surface area contributed by atoms with Crippen LogP contribution in [0.2, 0.25) is 0 Å². The molecular formula is C30H30P2. The van der Waals surface area contributed by atoms with Gasteiger partial charge in [0, 0.05) is 0 Å². The Hall–Kier alpha value is -2.26. The van der Waals surface area contributed by atoms with E-state index < -0.39 is 0 Å². The van der Waals surface area contributed by atoms with E-state index in [0.717, 1.165) is 11.6 Å². The van der Waals surface area contributed by atoms with E-state index in [4.69, 9.17) is 0 Å². The number of rotatable bonds is 7. The van der Waals surface area contributed by atoms with Gasteiger partial charge in [0.1, 0.15) is 0 Å². The van der Waals surface area contributed by atoms with E-state index in [1.807, 2.05) is 0 Å². The molecule has 0 radical (unpaired) electrons. The lowest BCUT2D eigenvalue weighted by Crippen LogP contribution is -2.28. The molecule has 0 nitrogen and oxygen atoms in total. The first-order valence-electron chi connectivity index (χ1n) is 11.7. The van der Waals surface area contributed by atoms with Crippen LogP contribution < -0.4 is 21.2 Å². The van der Waals surface area contributed by atoms with Gasteiger partial charge in [-0.15, -0.1) is 0 Å². The van der Waals surface area contributed by atoms with Crippen molar-refractivity contribution in [1.82, 2.24) is 0 Å². The summed E-state index contributed by atoms with van der Waals surface area (Å²) in [6.07, 6.45) is 5.38. The lowest BCUT2D eigenvalue weighted by molar-refractivity contribution is 0.630. The summed E-state index contributed by atoms with van der Waals surface area (Å²) in [6.45, 7) is 0. The second kappa shape index (κ2) is 10.6. The monoisotopic (exact) mass is 452 g/mol. The lowest BCUT2D eigenvalue weighted by Gasteiger charge is -2.32. The molecule has 0 saturated heterocycles. The van der Waals surface area contributed by atoms with Crippen molar-refractivity contribution in [1.29, 1.82) is 0 Å². The summed E-state index contributed by atoms with van der Waals surface area (Å²) < 4.78 is 0. The minimum absolute atomic E-state index is 0.341. The van der Waals surface area contributed by atoms with Crippen LogP contribution >= 0.6 is 15.8 Å². The highest BCUT2D eigenvalue weighted by Crippen LogP contribution is 2.53. The Morgan fingerprint density at radius 2 is 0.906 bits per heavy atom. The van der Waals surface area contributed by atoms with Crippen molar-refractivity contribution >= 4 is 37.1 Å². The third kappa shape index (κ3) is 4.88. The van der Waals surface area contributed by atoms with E-state index in [1.165, 1.54) is 46.6 Å².